The summed E-state index contributed by atoms with van der Waals surface area (Å²) in [6.07, 6.45) is 0. The fourth-order valence-electron chi connectivity index (χ4n) is 2.47. The van der Waals surface area contributed by atoms with Gasteiger partial charge < -0.3 is 4.74 Å². The predicted molar refractivity (Wildman–Crippen MR) is 107 cm³/mol. The highest BCUT2D eigenvalue weighted by Crippen LogP contribution is 2.31. The maximum Gasteiger partial charge on any atom is 0.165 e. The fourth-order valence-corrected chi connectivity index (χ4v) is 2.47. The van der Waals surface area contributed by atoms with Gasteiger partial charge in [0.2, 0.25) is 0 Å². The molecule has 0 amide bonds. The van der Waals surface area contributed by atoms with Crippen LogP contribution in [0.3, 0.4) is 0 Å². The lowest BCUT2D eigenvalue weighted by Gasteiger charge is -2.15. The number of hydrogen-bond acceptors (Lipinski definition) is 4. The molecule has 0 aliphatic carbocycles. The van der Waals surface area contributed by atoms with Gasteiger partial charge >= 0.3 is 0 Å². The molecule has 4 heteroatoms. The van der Waals surface area contributed by atoms with Crippen LogP contribution in [0.5, 0.6) is 5.75 Å². The largest absolute Gasteiger partial charge is 0.492 e. The van der Waals surface area contributed by atoms with E-state index in [2.05, 4.69) is 24.7 Å². The zero-order valence-electron chi connectivity index (χ0n) is 15.5. The van der Waals surface area contributed by atoms with Crippen molar-refractivity contribution in [1.82, 2.24) is 10.9 Å². The van der Waals surface area contributed by atoms with Crippen LogP contribution < -0.4 is 15.6 Å². The molecule has 138 valence electrons. The van der Waals surface area contributed by atoms with Gasteiger partial charge in [-0.1, -0.05) is 50.2 Å². The summed E-state index contributed by atoms with van der Waals surface area (Å²) in [7, 11) is 0. The fraction of sp³-hybridized carbons (Fsp3) is 0.381. The molecule has 0 heterocycles. The molecule has 2 rings (SSSR count). The lowest BCUT2D eigenvalue weighted by molar-refractivity contribution is 0.0939. The quantitative estimate of drug-likeness (QED) is 0.397. The van der Waals surface area contributed by atoms with Crippen LogP contribution in [0.15, 0.2) is 48.5 Å². The molecule has 25 heavy (non-hydrogen) atoms. The Morgan fingerprint density at radius 1 is 1.08 bits per heavy atom. The molecule has 0 saturated carbocycles. The average molecular weight is 344 g/mol. The molecule has 4 nitrogen and oxygen atoms in total. The summed E-state index contributed by atoms with van der Waals surface area (Å²) in [5.74, 6) is 0.834. The van der Waals surface area contributed by atoms with Crippen molar-refractivity contribution in [2.75, 3.05) is 13.2 Å². The number of hydrogen-bond donors (Lipinski definition) is 2. The topological polar surface area (TPSA) is 50.4 Å². The number of hydrazine groups is 1. The van der Waals surface area contributed by atoms with Crippen LogP contribution in [0.1, 0.15) is 40.9 Å². The number of benzene rings is 2. The summed E-state index contributed by atoms with van der Waals surface area (Å²) < 4.78 is 5.99. The molecule has 2 aromatic rings. The molecule has 0 radical (unpaired) electrons. The van der Waals surface area contributed by atoms with Crippen molar-refractivity contribution >= 4 is 5.78 Å². The predicted octanol–water partition coefficient (Wildman–Crippen LogP) is 4.57. The summed E-state index contributed by atoms with van der Waals surface area (Å²) in [4.78, 5) is 12.3. The lowest BCUT2D eigenvalue weighted by Crippen LogP contribution is -2.39. The normalized spacial score (nSPS) is 11.1. The minimum Gasteiger partial charge on any atom is -0.492 e. The summed E-state index contributed by atoms with van der Waals surface area (Å²) in [6.45, 7) is 9.16. The number of nitrogens with one attached hydrogen (secondary N) is 2. The summed E-state index contributed by atoms with van der Waals surface area (Å²) >= 11 is 0. The van der Waals surface area contributed by atoms with Gasteiger partial charge in [-0.25, -0.2) is 0 Å². The second kappa shape index (κ2) is 9.35. The molecule has 0 unspecified atom stereocenters. The van der Waals surface area contributed by atoms with E-state index >= 15 is 0 Å². The van der Waals surface area contributed by atoms with E-state index < -0.39 is 0 Å². The Kier molecular flexibility index (Phi) is 7.16. The van der Waals surface area contributed by atoms with Crippen molar-refractivity contribution in [2.45, 2.75) is 33.7 Å². The Balaban J connectivity index is 0.00000338. The van der Waals surface area contributed by atoms with E-state index in [1.54, 1.807) is 0 Å². The van der Waals surface area contributed by atoms with Gasteiger partial charge in [0.15, 0.2) is 5.78 Å². The van der Waals surface area contributed by atoms with Gasteiger partial charge in [-0.05, 0) is 31.5 Å². The van der Waals surface area contributed by atoms with Crippen LogP contribution in [0.4, 0.5) is 0 Å². The van der Waals surface area contributed by atoms with Crippen LogP contribution in [0, 0.1) is 5.92 Å². The molecule has 0 bridgehead atoms. The molecule has 0 aliphatic heterocycles. The zero-order valence-corrected chi connectivity index (χ0v) is 15.5. The molecule has 0 aromatic heterocycles. The average Bonchev–Trinajstić information content (AvgIpc) is 2.61. The van der Waals surface area contributed by atoms with Gasteiger partial charge in [-0.3, -0.25) is 15.6 Å². The first-order valence-corrected chi connectivity index (χ1v) is 8.84. The Morgan fingerprint density at radius 3 is 2.44 bits per heavy atom. The molecular weight excluding hydrogens is 312 g/mol. The Hall–Kier alpha value is -2.17. The Labute approximate surface area is 153 Å². The third kappa shape index (κ3) is 5.69. The van der Waals surface area contributed by atoms with E-state index in [1.165, 1.54) is 0 Å². The monoisotopic (exact) mass is 344 g/mol. The smallest absolute Gasteiger partial charge is 0.165 e. The number of ether oxygens (including phenoxy) is 1. The van der Waals surface area contributed by atoms with Gasteiger partial charge in [-0.15, -0.1) is 0 Å². The molecule has 0 atom stereocenters. The van der Waals surface area contributed by atoms with Crippen molar-refractivity contribution in [2.24, 2.45) is 5.92 Å². The maximum atomic E-state index is 12.3. The van der Waals surface area contributed by atoms with E-state index in [1.807, 2.05) is 62.4 Å². The standard InChI is InChI=1S/C21H28N2O2.2H2/c1-15(2)21(24)18-10-11-19(17-8-6-5-7-9-17)20(14-18)25-13-12-22-23-16(3)4;;/h5-11,14-16,22-23H,12-13H2,1-4H3;2*1H. The molecule has 0 spiro atoms. The van der Waals surface area contributed by atoms with E-state index in [4.69, 9.17) is 4.74 Å². The summed E-state index contributed by atoms with van der Waals surface area (Å²) in [5, 5.41) is 0. The van der Waals surface area contributed by atoms with Crippen LogP contribution in [-0.4, -0.2) is 25.0 Å². The third-order valence-corrected chi connectivity index (χ3v) is 3.75. The summed E-state index contributed by atoms with van der Waals surface area (Å²) in [6, 6.07) is 16.2. The highest BCUT2D eigenvalue weighted by Gasteiger charge is 2.14. The minimum absolute atomic E-state index is 0. The van der Waals surface area contributed by atoms with Gasteiger partial charge in [0.05, 0.1) is 0 Å². The van der Waals surface area contributed by atoms with E-state index in [9.17, 15) is 4.79 Å². The minimum atomic E-state index is -0.0349. The number of carbonyl (C=O) groups excluding carboxylic acids is 1. The molecule has 2 N–H and O–H groups in total. The van der Waals surface area contributed by atoms with Crippen molar-refractivity contribution in [3.63, 3.8) is 0 Å². The van der Waals surface area contributed by atoms with E-state index in [-0.39, 0.29) is 14.6 Å². The SMILES string of the molecule is CC(C)NNCCOc1cc(C(=O)C(C)C)ccc1-c1ccccc1.[HH].[HH]. The van der Waals surface area contributed by atoms with Gasteiger partial charge in [-0.2, -0.15) is 0 Å². The Morgan fingerprint density at radius 2 is 1.80 bits per heavy atom. The van der Waals surface area contributed by atoms with Gasteiger partial charge in [0, 0.05) is 32.5 Å². The van der Waals surface area contributed by atoms with Crippen molar-refractivity contribution in [1.29, 1.82) is 0 Å². The molecule has 0 saturated heterocycles. The highest BCUT2D eigenvalue weighted by atomic mass is 16.5. The molecular formula is C21H32N2O2. The number of carbonyl (C=O) groups is 1. The molecule has 0 fully saturated rings. The van der Waals surface area contributed by atoms with Gasteiger partial charge in [0.1, 0.15) is 12.4 Å². The number of ketones is 1. The first-order chi connectivity index (χ1) is 12.0. The number of Topliss-reactive ketones (excluding diaryl/α,β-unsaturated/α-hetero) is 1. The lowest BCUT2D eigenvalue weighted by atomic mass is 9.97. The third-order valence-electron chi connectivity index (χ3n) is 3.75. The second-order valence-corrected chi connectivity index (χ2v) is 6.67. The molecule has 2 aromatic carbocycles. The van der Waals surface area contributed by atoms with E-state index in [0.29, 0.717) is 24.8 Å². The summed E-state index contributed by atoms with van der Waals surface area (Å²) in [5.41, 5.74) is 9.03. The van der Waals surface area contributed by atoms with E-state index in [0.717, 1.165) is 16.9 Å². The van der Waals surface area contributed by atoms with Crippen molar-refractivity contribution in [3.8, 4) is 16.9 Å². The van der Waals surface area contributed by atoms with Crippen LogP contribution in [0.25, 0.3) is 11.1 Å². The Bertz CT molecular complexity index is 692. The number of rotatable bonds is 9. The van der Waals surface area contributed by atoms with Crippen molar-refractivity contribution < 1.29 is 12.4 Å². The highest BCUT2D eigenvalue weighted by molar-refractivity contribution is 5.98. The van der Waals surface area contributed by atoms with Crippen molar-refractivity contribution in [3.05, 3.63) is 54.1 Å². The van der Waals surface area contributed by atoms with Crippen LogP contribution in [-0.2, 0) is 0 Å². The first-order valence-electron chi connectivity index (χ1n) is 8.84. The maximum absolute atomic E-state index is 12.3. The van der Waals surface area contributed by atoms with Gasteiger partial charge in [0.25, 0.3) is 0 Å². The van der Waals surface area contributed by atoms with Crippen LogP contribution in [0.2, 0.25) is 0 Å². The van der Waals surface area contributed by atoms with Crippen LogP contribution >= 0.6 is 0 Å². The zero-order chi connectivity index (χ0) is 18.2. The first kappa shape index (κ1) is 19.2. The second-order valence-electron chi connectivity index (χ2n) is 6.67. The molecule has 0 aliphatic rings.